The van der Waals surface area contributed by atoms with E-state index in [0.717, 1.165) is 15.7 Å². The van der Waals surface area contributed by atoms with Gasteiger partial charge in [-0.3, -0.25) is 5.43 Å². The number of hydrogen-bond acceptors (Lipinski definition) is 6. The highest BCUT2D eigenvalue weighted by atomic mass is 79.9. The number of carbonyl (C=O) groups excluding carboxylic acids is 1. The van der Waals surface area contributed by atoms with E-state index < -0.39 is 5.97 Å². The predicted octanol–water partition coefficient (Wildman–Crippen LogP) is 5.31. The highest BCUT2D eigenvalue weighted by Gasteiger charge is 2.15. The number of thiocarbonyl (C=S) groups is 1. The van der Waals surface area contributed by atoms with E-state index in [2.05, 4.69) is 31.8 Å². The number of ether oxygens (including phenoxy) is 3. The first-order valence-electron chi connectivity index (χ1n) is 9.80. The molecule has 0 radical (unpaired) electrons. The second-order valence-electron chi connectivity index (χ2n) is 6.84. The summed E-state index contributed by atoms with van der Waals surface area (Å²) in [5, 5.41) is 7.55. The van der Waals surface area contributed by atoms with E-state index in [-0.39, 0.29) is 0 Å². The van der Waals surface area contributed by atoms with Gasteiger partial charge in [0.1, 0.15) is 5.75 Å². The first-order valence-corrected chi connectivity index (χ1v) is 11.0. The summed E-state index contributed by atoms with van der Waals surface area (Å²) in [5.41, 5.74) is 5.62. The zero-order valence-corrected chi connectivity index (χ0v) is 20.6. The summed E-state index contributed by atoms with van der Waals surface area (Å²) in [6.45, 7) is 2.00. The number of carbonyl (C=O) groups is 1. The van der Waals surface area contributed by atoms with Crippen molar-refractivity contribution in [2.75, 3.05) is 19.5 Å². The monoisotopic (exact) mass is 527 g/mol. The number of rotatable bonds is 7. The Labute approximate surface area is 205 Å². The molecule has 0 aliphatic carbocycles. The molecule has 9 heteroatoms. The van der Waals surface area contributed by atoms with Gasteiger partial charge in [-0.2, -0.15) is 5.10 Å². The molecule has 3 rings (SSSR count). The molecule has 0 aromatic heterocycles. The van der Waals surface area contributed by atoms with Crippen molar-refractivity contribution in [3.05, 3.63) is 81.8 Å². The van der Waals surface area contributed by atoms with Gasteiger partial charge in [0.2, 0.25) is 0 Å². The second kappa shape index (κ2) is 11.4. The molecule has 170 valence electrons. The third-order valence-corrected chi connectivity index (χ3v) is 5.13. The Kier molecular flexibility index (Phi) is 8.39. The molecule has 3 aromatic carbocycles. The molecule has 0 spiro atoms. The fourth-order valence-corrected chi connectivity index (χ4v) is 3.43. The minimum absolute atomic E-state index is 0.320. The third-order valence-electron chi connectivity index (χ3n) is 4.44. The number of anilines is 1. The smallest absolute Gasteiger partial charge is 0.343 e. The molecule has 0 aliphatic rings. The van der Waals surface area contributed by atoms with E-state index in [0.29, 0.717) is 33.5 Å². The Morgan fingerprint density at radius 3 is 2.48 bits per heavy atom. The first kappa shape index (κ1) is 24.2. The van der Waals surface area contributed by atoms with E-state index in [9.17, 15) is 4.79 Å². The topological polar surface area (TPSA) is 81.2 Å². The molecule has 0 aliphatic heterocycles. The van der Waals surface area contributed by atoms with E-state index >= 15 is 0 Å². The van der Waals surface area contributed by atoms with Gasteiger partial charge < -0.3 is 19.5 Å². The maximum absolute atomic E-state index is 12.7. The maximum Gasteiger partial charge on any atom is 0.343 e. The standard InChI is InChI=1S/C24H22BrN3O4S/c1-15-5-4-6-19(11-15)27-24(33)28-26-14-17-12-18(25)8-10-20(17)32-23(29)16-7-9-21(30-2)22(13-16)31-3/h4-14H,1-3H3,(H2,27,28,33)/b26-14+. The largest absolute Gasteiger partial charge is 0.493 e. The lowest BCUT2D eigenvalue weighted by atomic mass is 10.2. The first-order chi connectivity index (χ1) is 15.9. The van der Waals surface area contributed by atoms with Crippen LogP contribution < -0.4 is 25.0 Å². The van der Waals surface area contributed by atoms with Crippen LogP contribution in [0.2, 0.25) is 0 Å². The van der Waals surface area contributed by atoms with Gasteiger partial charge in [-0.1, -0.05) is 28.1 Å². The lowest BCUT2D eigenvalue weighted by Crippen LogP contribution is -2.23. The van der Waals surface area contributed by atoms with Gasteiger partial charge in [0.25, 0.3) is 0 Å². The molecule has 0 atom stereocenters. The average Bonchev–Trinajstić information content (AvgIpc) is 2.80. The molecular weight excluding hydrogens is 506 g/mol. The quantitative estimate of drug-likeness (QED) is 0.141. The summed E-state index contributed by atoms with van der Waals surface area (Å²) < 4.78 is 16.9. The SMILES string of the molecule is COc1ccc(C(=O)Oc2ccc(Br)cc2/C=N/NC(=S)Nc2cccc(C)c2)cc1OC. The number of aryl methyl sites for hydroxylation is 1. The maximum atomic E-state index is 12.7. The van der Waals surface area contributed by atoms with Crippen LogP contribution in [0.4, 0.5) is 5.69 Å². The molecule has 0 unspecified atom stereocenters. The number of nitrogens with zero attached hydrogens (tertiary/aromatic N) is 1. The Bertz CT molecular complexity index is 1200. The molecule has 0 fully saturated rings. The average molecular weight is 528 g/mol. The Morgan fingerprint density at radius 2 is 1.76 bits per heavy atom. The Hall–Kier alpha value is -3.43. The van der Waals surface area contributed by atoms with Crippen molar-refractivity contribution in [2.45, 2.75) is 6.92 Å². The normalized spacial score (nSPS) is 10.5. The number of hydrogen-bond donors (Lipinski definition) is 2. The fourth-order valence-electron chi connectivity index (χ4n) is 2.88. The lowest BCUT2D eigenvalue weighted by Gasteiger charge is -2.11. The van der Waals surface area contributed by atoms with Crippen LogP contribution in [0.1, 0.15) is 21.5 Å². The summed E-state index contributed by atoms with van der Waals surface area (Å²) in [6, 6.07) is 17.8. The van der Waals surface area contributed by atoms with Crippen molar-refractivity contribution in [3.8, 4) is 17.2 Å². The van der Waals surface area contributed by atoms with Crippen molar-refractivity contribution in [2.24, 2.45) is 5.10 Å². The molecule has 0 saturated carbocycles. The van der Waals surface area contributed by atoms with Gasteiger partial charge in [0.15, 0.2) is 16.6 Å². The van der Waals surface area contributed by atoms with Gasteiger partial charge in [-0.15, -0.1) is 0 Å². The van der Waals surface area contributed by atoms with Crippen LogP contribution in [0.25, 0.3) is 0 Å². The van der Waals surface area contributed by atoms with E-state index in [1.807, 2.05) is 31.2 Å². The Morgan fingerprint density at radius 1 is 1.00 bits per heavy atom. The van der Waals surface area contributed by atoms with Crippen LogP contribution >= 0.6 is 28.1 Å². The molecule has 7 nitrogen and oxygen atoms in total. The lowest BCUT2D eigenvalue weighted by molar-refractivity contribution is 0.0734. The zero-order chi connectivity index (χ0) is 23.8. The van der Waals surface area contributed by atoms with Crippen LogP contribution in [0, 0.1) is 6.92 Å². The molecular formula is C24H22BrN3O4S. The number of hydrazone groups is 1. The summed E-state index contributed by atoms with van der Waals surface area (Å²) in [6.07, 6.45) is 1.52. The molecule has 33 heavy (non-hydrogen) atoms. The van der Waals surface area contributed by atoms with E-state index in [4.69, 9.17) is 26.4 Å². The third kappa shape index (κ3) is 6.77. The molecule has 3 aromatic rings. The van der Waals surface area contributed by atoms with Crippen molar-refractivity contribution >= 4 is 51.1 Å². The number of esters is 1. The number of nitrogens with one attached hydrogen (secondary N) is 2. The van der Waals surface area contributed by atoms with Gasteiger partial charge in [-0.05, 0) is 73.2 Å². The minimum atomic E-state index is -0.544. The van der Waals surface area contributed by atoms with Gasteiger partial charge in [0.05, 0.1) is 26.0 Å². The predicted molar refractivity (Wildman–Crippen MR) is 137 cm³/mol. The van der Waals surface area contributed by atoms with Crippen molar-refractivity contribution < 1.29 is 19.0 Å². The van der Waals surface area contributed by atoms with Crippen LogP contribution in [-0.4, -0.2) is 31.5 Å². The number of benzene rings is 3. The van der Waals surface area contributed by atoms with Crippen LogP contribution in [-0.2, 0) is 0 Å². The van der Waals surface area contributed by atoms with E-state index in [1.54, 1.807) is 36.4 Å². The van der Waals surface area contributed by atoms with Gasteiger partial charge in [-0.25, -0.2) is 4.79 Å². The van der Waals surface area contributed by atoms with Crippen LogP contribution in [0.15, 0.2) is 70.2 Å². The summed E-state index contributed by atoms with van der Waals surface area (Å²) in [4.78, 5) is 12.7. The fraction of sp³-hybridized carbons (Fsp3) is 0.125. The Balaban J connectivity index is 1.71. The van der Waals surface area contributed by atoms with Crippen LogP contribution in [0.3, 0.4) is 0 Å². The van der Waals surface area contributed by atoms with Crippen molar-refractivity contribution in [3.63, 3.8) is 0 Å². The molecule has 0 saturated heterocycles. The molecule has 0 heterocycles. The number of methoxy groups -OCH3 is 2. The highest BCUT2D eigenvalue weighted by Crippen LogP contribution is 2.29. The second-order valence-corrected chi connectivity index (χ2v) is 8.16. The molecule has 0 amide bonds. The molecule has 2 N–H and O–H groups in total. The van der Waals surface area contributed by atoms with Crippen molar-refractivity contribution in [1.82, 2.24) is 5.43 Å². The molecule has 0 bridgehead atoms. The van der Waals surface area contributed by atoms with E-state index in [1.165, 1.54) is 20.4 Å². The van der Waals surface area contributed by atoms with Gasteiger partial charge in [0, 0.05) is 15.7 Å². The van der Waals surface area contributed by atoms with Crippen molar-refractivity contribution in [1.29, 1.82) is 0 Å². The summed E-state index contributed by atoms with van der Waals surface area (Å²) >= 11 is 8.70. The minimum Gasteiger partial charge on any atom is -0.493 e. The van der Waals surface area contributed by atoms with Crippen LogP contribution in [0.5, 0.6) is 17.2 Å². The van der Waals surface area contributed by atoms with Gasteiger partial charge >= 0.3 is 5.97 Å². The highest BCUT2D eigenvalue weighted by molar-refractivity contribution is 9.10. The summed E-state index contributed by atoms with van der Waals surface area (Å²) in [5.74, 6) is 0.744. The zero-order valence-electron chi connectivity index (χ0n) is 18.2. The summed E-state index contributed by atoms with van der Waals surface area (Å²) in [7, 11) is 3.03. The number of halogens is 1.